The van der Waals surface area contributed by atoms with Crippen LogP contribution in [-0.4, -0.2) is 53.6 Å². The predicted octanol–water partition coefficient (Wildman–Crippen LogP) is 6.22. The van der Waals surface area contributed by atoms with Gasteiger partial charge in [0.15, 0.2) is 5.78 Å². The molecular formula is C35H41N3O5. The van der Waals surface area contributed by atoms with E-state index in [0.717, 1.165) is 85.6 Å². The van der Waals surface area contributed by atoms with Crippen molar-refractivity contribution in [2.24, 2.45) is 17.8 Å². The van der Waals surface area contributed by atoms with Crippen LogP contribution in [0.3, 0.4) is 0 Å². The fourth-order valence-electron chi connectivity index (χ4n) is 6.72. The third-order valence-corrected chi connectivity index (χ3v) is 9.64. The molecule has 2 saturated carbocycles. The molecule has 6 rings (SSSR count). The number of benzene rings is 1. The molecule has 0 radical (unpaired) electrons. The number of aromatic nitrogens is 2. The average molecular weight is 584 g/mol. The summed E-state index contributed by atoms with van der Waals surface area (Å²) < 4.78 is 11.7. The highest BCUT2D eigenvalue weighted by molar-refractivity contribution is 6.09. The Kier molecular flexibility index (Phi) is 8.12. The number of carbonyl (C=O) groups excluding carboxylic acids is 1. The maximum absolute atomic E-state index is 14.1. The van der Waals surface area contributed by atoms with Crippen LogP contribution in [0.2, 0.25) is 0 Å². The molecular weight excluding hydrogens is 542 g/mol. The Labute approximate surface area is 253 Å². The first-order valence-corrected chi connectivity index (χ1v) is 15.5. The summed E-state index contributed by atoms with van der Waals surface area (Å²) in [5.74, 6) is 0.999. The van der Waals surface area contributed by atoms with Crippen LogP contribution in [0.4, 0.5) is 5.69 Å². The van der Waals surface area contributed by atoms with E-state index in [1.807, 2.05) is 55.5 Å². The van der Waals surface area contributed by atoms with Gasteiger partial charge in [-0.3, -0.25) is 14.6 Å². The number of pyridine rings is 2. The summed E-state index contributed by atoms with van der Waals surface area (Å²) in [5.41, 5.74) is 3.92. The lowest BCUT2D eigenvalue weighted by atomic mass is 9.84. The Morgan fingerprint density at radius 3 is 2.49 bits per heavy atom. The molecule has 1 N–H and O–H groups in total. The zero-order valence-corrected chi connectivity index (χ0v) is 25.3. The highest BCUT2D eigenvalue weighted by atomic mass is 16.5. The van der Waals surface area contributed by atoms with E-state index in [0.29, 0.717) is 24.3 Å². The summed E-state index contributed by atoms with van der Waals surface area (Å²) in [6, 6.07) is 15.6. The lowest BCUT2D eigenvalue weighted by Gasteiger charge is -2.35. The number of ether oxygens (including phenoxy) is 2. The van der Waals surface area contributed by atoms with Gasteiger partial charge < -0.3 is 19.5 Å². The van der Waals surface area contributed by atoms with Crippen molar-refractivity contribution < 1.29 is 24.2 Å². The molecule has 226 valence electrons. The fraction of sp³-hybridized carbons (Fsp3) is 0.486. The molecule has 0 unspecified atom stereocenters. The van der Waals surface area contributed by atoms with E-state index in [9.17, 15) is 14.7 Å². The van der Waals surface area contributed by atoms with Crippen molar-refractivity contribution in [1.82, 2.24) is 9.97 Å². The van der Waals surface area contributed by atoms with Crippen molar-refractivity contribution in [2.75, 3.05) is 31.7 Å². The Morgan fingerprint density at radius 2 is 1.84 bits per heavy atom. The number of aliphatic carboxylic acids is 1. The Morgan fingerprint density at radius 1 is 1.07 bits per heavy atom. The zero-order valence-electron chi connectivity index (χ0n) is 25.3. The van der Waals surface area contributed by atoms with Crippen LogP contribution in [0.5, 0.6) is 11.6 Å². The second-order valence-electron chi connectivity index (χ2n) is 12.6. The number of aryl methyl sites for hydroxylation is 1. The van der Waals surface area contributed by atoms with E-state index >= 15 is 0 Å². The Bertz CT molecular complexity index is 1490. The number of rotatable bonds is 12. The number of methoxy groups -OCH3 is 1. The first-order chi connectivity index (χ1) is 20.8. The Hall–Kier alpha value is -3.94. The quantitative estimate of drug-likeness (QED) is 0.251. The van der Waals surface area contributed by atoms with Crippen molar-refractivity contribution >= 4 is 17.4 Å². The van der Waals surface area contributed by atoms with Gasteiger partial charge in [-0.1, -0.05) is 13.0 Å². The van der Waals surface area contributed by atoms with E-state index < -0.39 is 17.3 Å². The van der Waals surface area contributed by atoms with Crippen LogP contribution < -0.4 is 14.4 Å². The molecule has 43 heavy (non-hydrogen) atoms. The Balaban J connectivity index is 1.12. The molecule has 3 aromatic rings. The van der Waals surface area contributed by atoms with Gasteiger partial charge >= 0.3 is 5.97 Å². The predicted molar refractivity (Wildman–Crippen MR) is 164 cm³/mol. The first-order valence-electron chi connectivity index (χ1n) is 15.5. The van der Waals surface area contributed by atoms with Gasteiger partial charge in [0.2, 0.25) is 5.88 Å². The molecule has 1 aromatic carbocycles. The van der Waals surface area contributed by atoms with Crippen molar-refractivity contribution in [2.45, 2.75) is 63.7 Å². The second-order valence-corrected chi connectivity index (χ2v) is 12.6. The first kappa shape index (κ1) is 29.1. The highest BCUT2D eigenvalue weighted by Crippen LogP contribution is 2.51. The third-order valence-electron chi connectivity index (χ3n) is 9.64. The normalized spacial score (nSPS) is 19.4. The molecule has 3 heterocycles. The lowest BCUT2D eigenvalue weighted by Crippen LogP contribution is -2.37. The van der Waals surface area contributed by atoms with Crippen LogP contribution >= 0.6 is 0 Å². The maximum Gasteiger partial charge on any atom is 0.306 e. The number of nitrogens with zero attached hydrogens (tertiary/aromatic N) is 3. The fourth-order valence-corrected chi connectivity index (χ4v) is 6.72. The molecule has 2 aromatic heterocycles. The van der Waals surface area contributed by atoms with Crippen molar-refractivity contribution in [1.29, 1.82) is 0 Å². The van der Waals surface area contributed by atoms with Gasteiger partial charge in [0.05, 0.1) is 36.4 Å². The lowest BCUT2D eigenvalue weighted by molar-refractivity contribution is -0.142. The SMILES string of the molecule is COc1ccc(C(=O)C2(c3cccc(C)n3)CC2)c(N2CCC(COc3cc([C@H](C4CC4)[C@H](C)C(=O)O)ccn3)CC2)c1. The summed E-state index contributed by atoms with van der Waals surface area (Å²) >= 11 is 0. The summed E-state index contributed by atoms with van der Waals surface area (Å²) in [6.45, 7) is 5.94. The van der Waals surface area contributed by atoms with Gasteiger partial charge in [-0.05, 0) is 99.1 Å². The van der Waals surface area contributed by atoms with Crippen molar-refractivity contribution in [3.05, 3.63) is 77.2 Å². The number of carbonyl (C=O) groups is 2. The van der Waals surface area contributed by atoms with Crippen molar-refractivity contribution in [3.8, 4) is 11.6 Å². The smallest absolute Gasteiger partial charge is 0.306 e. The number of Topliss-reactive ketones (excluding diaryl/α,β-unsaturated/α-hetero) is 1. The maximum atomic E-state index is 14.1. The van der Waals surface area contributed by atoms with Crippen LogP contribution in [0.15, 0.2) is 54.7 Å². The van der Waals surface area contributed by atoms with Crippen molar-refractivity contribution in [3.63, 3.8) is 0 Å². The largest absolute Gasteiger partial charge is 0.497 e. The number of anilines is 1. The molecule has 8 heteroatoms. The number of hydrogen-bond donors (Lipinski definition) is 1. The van der Waals surface area contributed by atoms with E-state index in [1.54, 1.807) is 20.2 Å². The van der Waals surface area contributed by atoms with Crippen LogP contribution in [-0.2, 0) is 10.2 Å². The molecule has 0 amide bonds. The summed E-state index contributed by atoms with van der Waals surface area (Å²) in [6.07, 6.45) is 7.37. The molecule has 3 fully saturated rings. The van der Waals surface area contributed by atoms with Gasteiger partial charge in [0, 0.05) is 42.7 Å². The highest BCUT2D eigenvalue weighted by Gasteiger charge is 2.53. The number of carboxylic acid groups (broad SMARTS) is 1. The summed E-state index contributed by atoms with van der Waals surface area (Å²) in [5, 5.41) is 9.64. The minimum Gasteiger partial charge on any atom is -0.497 e. The number of ketones is 1. The molecule has 0 bridgehead atoms. The minimum absolute atomic E-state index is 0.0117. The molecule has 3 aliphatic rings. The van der Waals surface area contributed by atoms with Gasteiger partial charge in [0.25, 0.3) is 0 Å². The molecule has 0 spiro atoms. The van der Waals surface area contributed by atoms with E-state index in [2.05, 4.69) is 9.88 Å². The van der Waals surface area contributed by atoms with E-state index in [4.69, 9.17) is 14.5 Å². The van der Waals surface area contributed by atoms with Crippen LogP contribution in [0, 0.1) is 24.7 Å². The average Bonchev–Trinajstić information content (AvgIpc) is 3.96. The second kappa shape index (κ2) is 12.0. The van der Waals surface area contributed by atoms with Gasteiger partial charge in [-0.15, -0.1) is 0 Å². The molecule has 1 saturated heterocycles. The van der Waals surface area contributed by atoms with Gasteiger partial charge in [0.1, 0.15) is 5.75 Å². The van der Waals surface area contributed by atoms with E-state index in [-0.39, 0.29) is 11.7 Å². The summed E-state index contributed by atoms with van der Waals surface area (Å²) in [7, 11) is 1.65. The minimum atomic E-state index is -0.761. The van der Waals surface area contributed by atoms with Crippen LogP contribution in [0.1, 0.15) is 78.7 Å². The third kappa shape index (κ3) is 6.10. The molecule has 8 nitrogen and oxygen atoms in total. The number of piperidine rings is 1. The molecule has 1 aliphatic heterocycles. The molecule has 2 aliphatic carbocycles. The van der Waals surface area contributed by atoms with Gasteiger partial charge in [-0.25, -0.2) is 4.98 Å². The summed E-state index contributed by atoms with van der Waals surface area (Å²) in [4.78, 5) is 37.3. The van der Waals surface area contributed by atoms with Gasteiger partial charge in [-0.2, -0.15) is 0 Å². The standard InChI is InChI=1S/C35H41N3O5/c1-22-5-4-6-30(37-22)35(14-15-35)33(39)28-10-9-27(42-3)20-29(28)38-17-12-24(13-18-38)21-43-31-19-26(11-16-36-31)32(25-7-8-25)23(2)34(40)41/h4-6,9-11,16,19-20,23-25,32H,7-8,12-15,17-18,21H2,1-3H3,(H,40,41)/t23-,32-/m0/s1. The van der Waals surface area contributed by atoms with Crippen LogP contribution in [0.25, 0.3) is 0 Å². The molecule has 2 atom stereocenters. The topological polar surface area (TPSA) is 102 Å². The zero-order chi connectivity index (χ0) is 30.1. The number of hydrogen-bond acceptors (Lipinski definition) is 7. The number of carboxylic acids is 1. The van der Waals surface area contributed by atoms with E-state index in [1.165, 1.54) is 0 Å². The monoisotopic (exact) mass is 583 g/mol.